The van der Waals surface area contributed by atoms with Crippen molar-refractivity contribution in [3.63, 3.8) is 0 Å². The number of furan rings is 1. The fourth-order valence-electron chi connectivity index (χ4n) is 1.39. The maximum absolute atomic E-state index is 13.2. The van der Waals surface area contributed by atoms with Crippen LogP contribution in [0.3, 0.4) is 0 Å². The number of carbonyl (C=O) groups excluding carboxylic acids is 1. The molecule has 16 heavy (non-hydrogen) atoms. The fraction of sp³-hybridized carbons (Fsp3) is 0.0833. The van der Waals surface area contributed by atoms with Crippen LogP contribution >= 0.6 is 0 Å². The zero-order chi connectivity index (χ0) is 11.5. The van der Waals surface area contributed by atoms with Gasteiger partial charge in [0.15, 0.2) is 5.78 Å². The number of Topliss-reactive ketones (excluding diaryl/α,β-unsaturated/α-hetero) is 1. The summed E-state index contributed by atoms with van der Waals surface area (Å²) in [6.45, 7) is 0. The van der Waals surface area contributed by atoms with E-state index in [0.29, 0.717) is 5.56 Å². The zero-order valence-electron chi connectivity index (χ0n) is 8.24. The van der Waals surface area contributed by atoms with Crippen molar-refractivity contribution in [2.24, 2.45) is 0 Å². The van der Waals surface area contributed by atoms with E-state index in [1.54, 1.807) is 0 Å². The molecule has 0 aliphatic carbocycles. The van der Waals surface area contributed by atoms with Crippen LogP contribution < -0.4 is 0 Å². The first-order valence-corrected chi connectivity index (χ1v) is 4.67. The monoisotopic (exact) mass is 222 g/mol. The molecule has 0 saturated heterocycles. The van der Waals surface area contributed by atoms with E-state index in [0.717, 1.165) is 12.1 Å². The Bertz CT molecular complexity index is 483. The van der Waals surface area contributed by atoms with E-state index in [-0.39, 0.29) is 17.8 Å². The Kier molecular flexibility index (Phi) is 2.81. The van der Waals surface area contributed by atoms with Gasteiger partial charge in [-0.05, 0) is 18.2 Å². The molecule has 2 nitrogen and oxygen atoms in total. The van der Waals surface area contributed by atoms with Crippen molar-refractivity contribution in [3.8, 4) is 0 Å². The molecule has 0 N–H and O–H groups in total. The predicted octanol–water partition coefficient (Wildman–Crippen LogP) is 2.98. The number of rotatable bonds is 3. The molecule has 0 spiro atoms. The molecule has 0 unspecified atom stereocenters. The van der Waals surface area contributed by atoms with Crippen LogP contribution in [0.5, 0.6) is 0 Å². The normalized spacial score (nSPS) is 10.4. The third-order valence-corrected chi connectivity index (χ3v) is 2.24. The van der Waals surface area contributed by atoms with Crippen molar-refractivity contribution in [1.29, 1.82) is 0 Å². The van der Waals surface area contributed by atoms with Crippen LogP contribution in [0.25, 0.3) is 0 Å². The average molecular weight is 222 g/mol. The molecule has 1 heterocycles. The summed E-state index contributed by atoms with van der Waals surface area (Å²) in [5.41, 5.74) is 0.0938. The highest BCUT2D eigenvalue weighted by Crippen LogP contribution is 2.15. The van der Waals surface area contributed by atoms with E-state index >= 15 is 0 Å². The number of hydrogen-bond donors (Lipinski definition) is 0. The summed E-state index contributed by atoms with van der Waals surface area (Å²) in [5, 5.41) is 0. The smallest absolute Gasteiger partial charge is 0.170 e. The number of carbonyl (C=O) groups is 1. The Morgan fingerprint density at radius 1 is 1.19 bits per heavy atom. The minimum absolute atomic E-state index is 0.214. The van der Waals surface area contributed by atoms with Crippen molar-refractivity contribution in [3.05, 3.63) is 59.6 Å². The van der Waals surface area contributed by atoms with Gasteiger partial charge in [-0.25, -0.2) is 8.78 Å². The fourth-order valence-corrected chi connectivity index (χ4v) is 1.39. The Balaban J connectivity index is 2.25. The average Bonchev–Trinajstić information content (AvgIpc) is 2.76. The van der Waals surface area contributed by atoms with Gasteiger partial charge < -0.3 is 4.42 Å². The largest absolute Gasteiger partial charge is 0.472 e. The first-order chi connectivity index (χ1) is 7.68. The lowest BCUT2D eigenvalue weighted by atomic mass is 10.0. The molecule has 4 heteroatoms. The van der Waals surface area contributed by atoms with Crippen LogP contribution in [0.1, 0.15) is 15.9 Å². The van der Waals surface area contributed by atoms with E-state index in [9.17, 15) is 13.6 Å². The standard InChI is InChI=1S/C12H8F2O2/c13-10-2-1-3-11(14)9(10)6-12(15)8-4-5-16-7-8/h1-5,7H,6H2. The molecule has 1 aromatic carbocycles. The van der Waals surface area contributed by atoms with Crippen molar-refractivity contribution in [2.45, 2.75) is 6.42 Å². The zero-order valence-corrected chi connectivity index (χ0v) is 8.24. The third-order valence-electron chi connectivity index (χ3n) is 2.24. The highest BCUT2D eigenvalue weighted by Gasteiger charge is 2.14. The van der Waals surface area contributed by atoms with Gasteiger partial charge in [0.2, 0.25) is 0 Å². The first kappa shape index (κ1) is 10.5. The van der Waals surface area contributed by atoms with Gasteiger partial charge in [0.25, 0.3) is 0 Å². The molecule has 0 radical (unpaired) electrons. The molecule has 2 aromatic rings. The second-order valence-corrected chi connectivity index (χ2v) is 3.31. The molecule has 82 valence electrons. The van der Waals surface area contributed by atoms with E-state index < -0.39 is 11.6 Å². The van der Waals surface area contributed by atoms with E-state index in [2.05, 4.69) is 0 Å². The van der Waals surface area contributed by atoms with Crippen molar-refractivity contribution >= 4 is 5.78 Å². The van der Waals surface area contributed by atoms with Crippen molar-refractivity contribution in [1.82, 2.24) is 0 Å². The lowest BCUT2D eigenvalue weighted by Gasteiger charge is -2.02. The first-order valence-electron chi connectivity index (χ1n) is 4.67. The maximum atomic E-state index is 13.2. The van der Waals surface area contributed by atoms with E-state index in [1.807, 2.05) is 0 Å². The van der Waals surface area contributed by atoms with Gasteiger partial charge in [-0.1, -0.05) is 6.07 Å². The predicted molar refractivity (Wildman–Crippen MR) is 53.1 cm³/mol. The molecule has 0 atom stereocenters. The Morgan fingerprint density at radius 3 is 2.44 bits per heavy atom. The van der Waals surface area contributed by atoms with Crippen LogP contribution in [0.2, 0.25) is 0 Å². The quantitative estimate of drug-likeness (QED) is 0.747. The summed E-state index contributed by atoms with van der Waals surface area (Å²) in [6, 6.07) is 4.97. The third kappa shape index (κ3) is 2.00. The van der Waals surface area contributed by atoms with Gasteiger partial charge in [0.1, 0.15) is 17.9 Å². The van der Waals surface area contributed by atoms with Crippen LogP contribution in [-0.4, -0.2) is 5.78 Å². The molecule has 0 fully saturated rings. The SMILES string of the molecule is O=C(Cc1c(F)cccc1F)c1ccoc1. The molecule has 0 amide bonds. The topological polar surface area (TPSA) is 30.2 Å². The minimum atomic E-state index is -0.711. The highest BCUT2D eigenvalue weighted by atomic mass is 19.1. The summed E-state index contributed by atoms with van der Waals surface area (Å²) in [7, 11) is 0. The minimum Gasteiger partial charge on any atom is -0.472 e. The second kappa shape index (κ2) is 4.26. The summed E-state index contributed by atoms with van der Waals surface area (Å²) in [6.07, 6.45) is 2.28. The Labute approximate surface area is 90.5 Å². The van der Waals surface area contributed by atoms with Gasteiger partial charge in [0, 0.05) is 12.0 Å². The summed E-state index contributed by atoms with van der Waals surface area (Å²) in [5.74, 6) is -1.80. The summed E-state index contributed by atoms with van der Waals surface area (Å²) in [4.78, 5) is 11.6. The molecule has 0 saturated carbocycles. The van der Waals surface area contributed by atoms with Gasteiger partial charge in [-0.3, -0.25) is 4.79 Å². The molecule has 0 aliphatic rings. The molecular formula is C12H8F2O2. The van der Waals surface area contributed by atoms with Gasteiger partial charge in [-0.15, -0.1) is 0 Å². The maximum Gasteiger partial charge on any atom is 0.170 e. The Hall–Kier alpha value is -1.97. The van der Waals surface area contributed by atoms with Gasteiger partial charge >= 0.3 is 0 Å². The number of halogens is 2. The summed E-state index contributed by atoms with van der Waals surface area (Å²) < 4.78 is 31.2. The Morgan fingerprint density at radius 2 is 1.88 bits per heavy atom. The number of hydrogen-bond acceptors (Lipinski definition) is 2. The molecule has 1 aromatic heterocycles. The van der Waals surface area contributed by atoms with E-state index in [4.69, 9.17) is 4.42 Å². The summed E-state index contributed by atoms with van der Waals surface area (Å²) >= 11 is 0. The lowest BCUT2D eigenvalue weighted by Crippen LogP contribution is -2.06. The highest BCUT2D eigenvalue weighted by molar-refractivity contribution is 5.97. The number of ketones is 1. The van der Waals surface area contributed by atoms with Crippen LogP contribution in [0, 0.1) is 11.6 Å². The van der Waals surface area contributed by atoms with Crippen molar-refractivity contribution in [2.75, 3.05) is 0 Å². The van der Waals surface area contributed by atoms with Gasteiger partial charge in [0.05, 0.1) is 11.8 Å². The second-order valence-electron chi connectivity index (χ2n) is 3.31. The molecule has 0 bridgehead atoms. The van der Waals surface area contributed by atoms with Gasteiger partial charge in [-0.2, -0.15) is 0 Å². The number of benzene rings is 1. The molecular weight excluding hydrogens is 214 g/mol. The van der Waals surface area contributed by atoms with Crippen LogP contribution in [0.15, 0.2) is 41.2 Å². The van der Waals surface area contributed by atoms with E-state index in [1.165, 1.54) is 24.7 Å². The lowest BCUT2D eigenvalue weighted by molar-refractivity contribution is 0.0990. The van der Waals surface area contributed by atoms with Crippen LogP contribution in [0.4, 0.5) is 8.78 Å². The van der Waals surface area contributed by atoms with Crippen LogP contribution in [-0.2, 0) is 6.42 Å². The van der Waals surface area contributed by atoms with Crippen molar-refractivity contribution < 1.29 is 18.0 Å². The molecule has 0 aliphatic heterocycles. The molecule has 2 rings (SSSR count).